The van der Waals surface area contributed by atoms with Crippen LogP contribution < -0.4 is 5.32 Å². The summed E-state index contributed by atoms with van der Waals surface area (Å²) in [5, 5.41) is 2.48. The van der Waals surface area contributed by atoms with Gasteiger partial charge in [0.15, 0.2) is 0 Å². The van der Waals surface area contributed by atoms with E-state index in [-0.39, 0.29) is 12.8 Å². The molecule has 12 heavy (non-hydrogen) atoms. The molecule has 0 aliphatic carbocycles. The lowest BCUT2D eigenvalue weighted by Crippen LogP contribution is -2.35. The van der Waals surface area contributed by atoms with Crippen LogP contribution in [0.3, 0.4) is 0 Å². The Kier molecular flexibility index (Phi) is 6.09. The van der Waals surface area contributed by atoms with Crippen molar-refractivity contribution >= 4 is 6.09 Å². The molecular weight excluding hydrogens is 158 g/mol. The Bertz CT molecular complexity index is 147. The van der Waals surface area contributed by atoms with Crippen molar-refractivity contribution in [3.05, 3.63) is 12.7 Å². The van der Waals surface area contributed by atoms with Crippen LogP contribution >= 0.6 is 0 Å². The molecule has 1 atom stereocenters. The Balaban J connectivity index is 3.46. The molecule has 0 bridgehead atoms. The average Bonchev–Trinajstić information content (AvgIpc) is 2.01. The smallest absolute Gasteiger partial charge is 0.409 e. The maximum atomic E-state index is 10.8. The van der Waals surface area contributed by atoms with Gasteiger partial charge in [0.25, 0.3) is 0 Å². The summed E-state index contributed by atoms with van der Waals surface area (Å²) in [6.45, 7) is 7.77. The van der Waals surface area contributed by atoms with Crippen molar-refractivity contribution in [3.63, 3.8) is 0 Å². The van der Waals surface area contributed by atoms with Crippen LogP contribution in [0.4, 0.5) is 4.79 Å². The standard InChI is InChI=1S/C8H15NO3/c1-4-6-12-8(10)9-7(3)11-5-2/h4,7H,1,5-6H2,2-3H3,(H,9,10). The first-order valence-corrected chi connectivity index (χ1v) is 3.86. The normalized spacial score (nSPS) is 11.8. The SMILES string of the molecule is C=CCOC(=O)NC(C)OCC. The molecule has 0 aromatic heterocycles. The van der Waals surface area contributed by atoms with E-state index in [1.165, 1.54) is 6.08 Å². The lowest BCUT2D eigenvalue weighted by atomic mass is 10.6. The van der Waals surface area contributed by atoms with Gasteiger partial charge in [0.2, 0.25) is 0 Å². The molecule has 0 saturated heterocycles. The predicted molar refractivity (Wildman–Crippen MR) is 45.8 cm³/mol. The van der Waals surface area contributed by atoms with Crippen LogP contribution in [-0.2, 0) is 9.47 Å². The molecule has 0 aliphatic rings. The van der Waals surface area contributed by atoms with E-state index in [9.17, 15) is 4.79 Å². The number of nitrogens with one attached hydrogen (secondary N) is 1. The third-order valence-electron chi connectivity index (χ3n) is 1.07. The first-order chi connectivity index (χ1) is 5.70. The number of rotatable bonds is 5. The van der Waals surface area contributed by atoms with Crippen LogP contribution in [0.15, 0.2) is 12.7 Å². The lowest BCUT2D eigenvalue weighted by molar-refractivity contribution is 0.0470. The van der Waals surface area contributed by atoms with Gasteiger partial charge in [0.05, 0.1) is 0 Å². The van der Waals surface area contributed by atoms with E-state index in [0.717, 1.165) is 0 Å². The van der Waals surface area contributed by atoms with Gasteiger partial charge in [-0.05, 0) is 13.8 Å². The summed E-state index contributed by atoms with van der Waals surface area (Å²) in [5.74, 6) is 0. The number of carbonyl (C=O) groups excluding carboxylic acids is 1. The summed E-state index contributed by atoms with van der Waals surface area (Å²) >= 11 is 0. The van der Waals surface area contributed by atoms with Crippen molar-refractivity contribution in [1.82, 2.24) is 5.32 Å². The van der Waals surface area contributed by atoms with Gasteiger partial charge >= 0.3 is 6.09 Å². The molecule has 0 saturated carbocycles. The molecule has 0 rings (SSSR count). The number of alkyl carbamates (subject to hydrolysis) is 1. The largest absolute Gasteiger partial charge is 0.445 e. The van der Waals surface area contributed by atoms with Crippen LogP contribution in [-0.4, -0.2) is 25.5 Å². The number of hydrogen-bond donors (Lipinski definition) is 1. The third kappa shape index (κ3) is 5.73. The zero-order valence-corrected chi connectivity index (χ0v) is 7.50. The molecule has 1 unspecified atom stereocenters. The Labute approximate surface area is 72.5 Å². The topological polar surface area (TPSA) is 47.6 Å². The Hall–Kier alpha value is -1.03. The maximum absolute atomic E-state index is 10.8. The average molecular weight is 173 g/mol. The van der Waals surface area contributed by atoms with E-state index in [1.54, 1.807) is 6.92 Å². The molecule has 4 nitrogen and oxygen atoms in total. The molecule has 1 amide bonds. The van der Waals surface area contributed by atoms with E-state index in [0.29, 0.717) is 6.61 Å². The van der Waals surface area contributed by atoms with Gasteiger partial charge in [0, 0.05) is 6.61 Å². The minimum absolute atomic E-state index is 0.213. The zero-order valence-electron chi connectivity index (χ0n) is 7.50. The quantitative estimate of drug-likeness (QED) is 0.503. The summed E-state index contributed by atoms with van der Waals surface area (Å²) in [5.41, 5.74) is 0. The molecule has 0 spiro atoms. The van der Waals surface area contributed by atoms with Crippen molar-refractivity contribution in [2.75, 3.05) is 13.2 Å². The van der Waals surface area contributed by atoms with Crippen molar-refractivity contribution in [3.8, 4) is 0 Å². The Morgan fingerprint density at radius 1 is 1.75 bits per heavy atom. The highest BCUT2D eigenvalue weighted by molar-refractivity contribution is 5.67. The molecule has 70 valence electrons. The van der Waals surface area contributed by atoms with Gasteiger partial charge in [-0.25, -0.2) is 4.79 Å². The van der Waals surface area contributed by atoms with E-state index in [2.05, 4.69) is 16.6 Å². The van der Waals surface area contributed by atoms with Crippen molar-refractivity contribution in [2.45, 2.75) is 20.1 Å². The number of carbonyl (C=O) groups is 1. The second-order valence-corrected chi connectivity index (χ2v) is 2.13. The number of hydrogen-bond acceptors (Lipinski definition) is 3. The molecule has 0 heterocycles. The zero-order chi connectivity index (χ0) is 9.40. The van der Waals surface area contributed by atoms with E-state index >= 15 is 0 Å². The lowest BCUT2D eigenvalue weighted by Gasteiger charge is -2.12. The van der Waals surface area contributed by atoms with E-state index in [4.69, 9.17) is 4.74 Å². The van der Waals surface area contributed by atoms with Gasteiger partial charge in [-0.15, -0.1) is 0 Å². The molecule has 1 N–H and O–H groups in total. The second kappa shape index (κ2) is 6.67. The Morgan fingerprint density at radius 3 is 2.92 bits per heavy atom. The fraction of sp³-hybridized carbons (Fsp3) is 0.625. The molecule has 0 aromatic carbocycles. The number of ether oxygens (including phenoxy) is 2. The number of amides is 1. The minimum atomic E-state index is -0.490. The summed E-state index contributed by atoms with van der Waals surface area (Å²) in [4.78, 5) is 10.8. The van der Waals surface area contributed by atoms with Crippen molar-refractivity contribution in [1.29, 1.82) is 0 Å². The highest BCUT2D eigenvalue weighted by Gasteiger charge is 2.05. The summed E-state index contributed by atoms with van der Waals surface area (Å²) in [7, 11) is 0. The van der Waals surface area contributed by atoms with Crippen LogP contribution in [0.25, 0.3) is 0 Å². The van der Waals surface area contributed by atoms with Crippen LogP contribution in [0.1, 0.15) is 13.8 Å². The molecule has 0 aromatic rings. The molecule has 4 heteroatoms. The van der Waals surface area contributed by atoms with Crippen LogP contribution in [0, 0.1) is 0 Å². The predicted octanol–water partition coefficient (Wildman–Crippen LogP) is 1.28. The van der Waals surface area contributed by atoms with Crippen molar-refractivity contribution in [2.24, 2.45) is 0 Å². The maximum Gasteiger partial charge on any atom is 0.409 e. The van der Waals surface area contributed by atoms with Gasteiger partial charge < -0.3 is 9.47 Å². The van der Waals surface area contributed by atoms with Gasteiger partial charge in [0.1, 0.15) is 12.8 Å². The molecule has 0 aliphatic heterocycles. The van der Waals surface area contributed by atoms with Gasteiger partial charge in [-0.3, -0.25) is 5.32 Å². The molecular formula is C8H15NO3. The van der Waals surface area contributed by atoms with E-state index in [1.807, 2.05) is 6.92 Å². The summed E-state index contributed by atoms with van der Waals surface area (Å²) in [6, 6.07) is 0. The first kappa shape index (κ1) is 11.0. The molecule has 0 fully saturated rings. The van der Waals surface area contributed by atoms with Crippen molar-refractivity contribution < 1.29 is 14.3 Å². The van der Waals surface area contributed by atoms with Crippen LogP contribution in [0.2, 0.25) is 0 Å². The highest BCUT2D eigenvalue weighted by atomic mass is 16.6. The first-order valence-electron chi connectivity index (χ1n) is 3.86. The highest BCUT2D eigenvalue weighted by Crippen LogP contribution is 1.86. The van der Waals surface area contributed by atoms with Gasteiger partial charge in [-0.2, -0.15) is 0 Å². The monoisotopic (exact) mass is 173 g/mol. The fourth-order valence-corrected chi connectivity index (χ4v) is 0.634. The third-order valence-corrected chi connectivity index (χ3v) is 1.07. The second-order valence-electron chi connectivity index (χ2n) is 2.13. The minimum Gasteiger partial charge on any atom is -0.445 e. The Morgan fingerprint density at radius 2 is 2.42 bits per heavy atom. The fourth-order valence-electron chi connectivity index (χ4n) is 0.634. The molecule has 0 radical (unpaired) electrons. The van der Waals surface area contributed by atoms with E-state index < -0.39 is 6.09 Å². The summed E-state index contributed by atoms with van der Waals surface area (Å²) < 4.78 is 9.71. The van der Waals surface area contributed by atoms with Gasteiger partial charge in [-0.1, -0.05) is 12.7 Å². The van der Waals surface area contributed by atoms with Crippen LogP contribution in [0.5, 0.6) is 0 Å². The summed E-state index contributed by atoms with van der Waals surface area (Å²) in [6.07, 6.45) is 0.702.